The van der Waals surface area contributed by atoms with E-state index in [0.717, 1.165) is 6.42 Å². The summed E-state index contributed by atoms with van der Waals surface area (Å²) in [5, 5.41) is 2.85. The van der Waals surface area contributed by atoms with Gasteiger partial charge in [0, 0.05) is 13.0 Å². The summed E-state index contributed by atoms with van der Waals surface area (Å²) in [7, 11) is 0. The average Bonchev–Trinajstić information content (AvgIpc) is 1.85. The number of carbonyl (C=O) groups excluding carboxylic acids is 1. The molecule has 0 aliphatic rings. The lowest BCUT2D eigenvalue weighted by molar-refractivity contribution is -0.119. The summed E-state index contributed by atoms with van der Waals surface area (Å²) in [6.07, 6.45) is 1.11. The van der Waals surface area contributed by atoms with Gasteiger partial charge in [-0.25, -0.2) is 0 Å². The highest BCUT2D eigenvalue weighted by Gasteiger charge is 2.09. The van der Waals surface area contributed by atoms with Crippen LogP contribution < -0.4 is 5.32 Å². The molecule has 0 bridgehead atoms. The highest BCUT2D eigenvalue weighted by atomic mass is 16.1. The topological polar surface area (TPSA) is 29.1 Å². The van der Waals surface area contributed by atoms with Gasteiger partial charge in [-0.1, -0.05) is 20.3 Å². The minimum absolute atomic E-state index is 0.0628. The van der Waals surface area contributed by atoms with Crippen molar-refractivity contribution >= 4 is 5.91 Å². The monoisotopic (exact) mass is 143 g/mol. The molecule has 10 heavy (non-hydrogen) atoms. The third kappa shape index (κ3) is 3.49. The van der Waals surface area contributed by atoms with Gasteiger partial charge in [0.15, 0.2) is 0 Å². The number of nitrogens with one attached hydrogen (secondary N) is 1. The van der Waals surface area contributed by atoms with Crippen LogP contribution in [0.15, 0.2) is 0 Å². The first-order valence-electron chi connectivity index (χ1n) is 3.85. The number of hydrogen-bond acceptors (Lipinski definition) is 1. The van der Waals surface area contributed by atoms with Crippen molar-refractivity contribution < 1.29 is 4.79 Å². The summed E-state index contributed by atoms with van der Waals surface area (Å²) in [5.74, 6) is 0.636. The van der Waals surface area contributed by atoms with Crippen LogP contribution >= 0.6 is 0 Å². The van der Waals surface area contributed by atoms with Crippen molar-refractivity contribution in [1.29, 1.82) is 0 Å². The minimum Gasteiger partial charge on any atom is -0.354 e. The van der Waals surface area contributed by atoms with Crippen molar-refractivity contribution in [3.63, 3.8) is 0 Å². The van der Waals surface area contributed by atoms with Gasteiger partial charge in [0.05, 0.1) is 0 Å². The molecule has 2 heteroatoms. The predicted molar refractivity (Wildman–Crippen MR) is 42.7 cm³/mol. The molecular formula is C8H17NO. The molecule has 0 saturated carbocycles. The van der Waals surface area contributed by atoms with Crippen LogP contribution in [0.2, 0.25) is 0 Å². The maximum atomic E-state index is 10.6. The molecule has 0 aliphatic carbocycles. The molecule has 0 aromatic carbocycles. The molecule has 0 aromatic heterocycles. The molecule has 0 radical (unpaired) electrons. The highest BCUT2D eigenvalue weighted by molar-refractivity contribution is 5.73. The maximum Gasteiger partial charge on any atom is 0.217 e. The molecule has 0 fully saturated rings. The summed E-state index contributed by atoms with van der Waals surface area (Å²) in [5.41, 5.74) is 0. The van der Waals surface area contributed by atoms with E-state index in [0.29, 0.717) is 12.0 Å². The van der Waals surface area contributed by atoms with Crippen LogP contribution in [0.25, 0.3) is 0 Å². The van der Waals surface area contributed by atoms with E-state index >= 15 is 0 Å². The van der Waals surface area contributed by atoms with E-state index in [2.05, 4.69) is 19.2 Å². The minimum atomic E-state index is 0.0628. The van der Waals surface area contributed by atoms with Crippen LogP contribution in [-0.2, 0) is 4.79 Å². The van der Waals surface area contributed by atoms with Crippen LogP contribution in [0.4, 0.5) is 0 Å². The first-order chi connectivity index (χ1) is 4.57. The first kappa shape index (κ1) is 9.47. The average molecular weight is 143 g/mol. The molecule has 0 rings (SSSR count). The molecule has 0 aromatic rings. The molecule has 2 atom stereocenters. The molecule has 0 saturated heterocycles. The van der Waals surface area contributed by atoms with Crippen LogP contribution in [0, 0.1) is 5.92 Å². The van der Waals surface area contributed by atoms with Gasteiger partial charge in [-0.15, -0.1) is 0 Å². The van der Waals surface area contributed by atoms with Gasteiger partial charge in [0.1, 0.15) is 0 Å². The lowest BCUT2D eigenvalue weighted by Gasteiger charge is -2.18. The molecule has 1 unspecified atom stereocenters. The van der Waals surface area contributed by atoms with Crippen LogP contribution in [0.1, 0.15) is 34.1 Å². The Labute approximate surface area is 63.0 Å². The van der Waals surface area contributed by atoms with Crippen molar-refractivity contribution in [3.05, 3.63) is 0 Å². The van der Waals surface area contributed by atoms with E-state index < -0.39 is 0 Å². The zero-order valence-corrected chi connectivity index (χ0v) is 7.27. The molecule has 1 N–H and O–H groups in total. The summed E-state index contributed by atoms with van der Waals surface area (Å²) < 4.78 is 0. The molecule has 0 heterocycles. The SMILES string of the molecule is CC[C@@H](C)C(C)NC(C)=O. The molecule has 1 amide bonds. The Morgan fingerprint density at radius 2 is 2.00 bits per heavy atom. The second-order valence-electron chi connectivity index (χ2n) is 2.87. The van der Waals surface area contributed by atoms with Crippen molar-refractivity contribution in [3.8, 4) is 0 Å². The Hall–Kier alpha value is -0.530. The summed E-state index contributed by atoms with van der Waals surface area (Å²) in [4.78, 5) is 10.6. The van der Waals surface area contributed by atoms with Gasteiger partial charge in [-0.3, -0.25) is 4.79 Å². The zero-order valence-electron chi connectivity index (χ0n) is 7.27. The molecule has 2 nitrogen and oxygen atoms in total. The third-order valence-electron chi connectivity index (χ3n) is 1.93. The normalized spacial score (nSPS) is 16.0. The van der Waals surface area contributed by atoms with E-state index in [-0.39, 0.29) is 5.91 Å². The number of amides is 1. The Balaban J connectivity index is 3.61. The van der Waals surface area contributed by atoms with Gasteiger partial charge in [-0.05, 0) is 12.8 Å². The number of carbonyl (C=O) groups is 1. The van der Waals surface area contributed by atoms with Crippen molar-refractivity contribution in [1.82, 2.24) is 5.32 Å². The van der Waals surface area contributed by atoms with Crippen molar-refractivity contribution in [2.45, 2.75) is 40.2 Å². The fourth-order valence-corrected chi connectivity index (χ4v) is 0.816. The van der Waals surface area contributed by atoms with Gasteiger partial charge in [-0.2, -0.15) is 0 Å². The second-order valence-corrected chi connectivity index (χ2v) is 2.87. The Morgan fingerprint density at radius 1 is 1.50 bits per heavy atom. The second kappa shape index (κ2) is 4.31. The Morgan fingerprint density at radius 3 is 2.30 bits per heavy atom. The Kier molecular flexibility index (Phi) is 4.08. The van der Waals surface area contributed by atoms with E-state index in [1.807, 2.05) is 6.92 Å². The predicted octanol–water partition coefficient (Wildman–Crippen LogP) is 1.56. The van der Waals surface area contributed by atoms with E-state index in [9.17, 15) is 4.79 Å². The van der Waals surface area contributed by atoms with Gasteiger partial charge >= 0.3 is 0 Å². The highest BCUT2D eigenvalue weighted by Crippen LogP contribution is 2.05. The van der Waals surface area contributed by atoms with E-state index in [1.54, 1.807) is 6.92 Å². The smallest absolute Gasteiger partial charge is 0.217 e. The Bertz CT molecular complexity index is 112. The summed E-state index contributed by atoms with van der Waals surface area (Å²) >= 11 is 0. The molecular weight excluding hydrogens is 126 g/mol. The fraction of sp³-hybridized carbons (Fsp3) is 0.875. The fourth-order valence-electron chi connectivity index (χ4n) is 0.816. The third-order valence-corrected chi connectivity index (χ3v) is 1.93. The van der Waals surface area contributed by atoms with Gasteiger partial charge in [0.25, 0.3) is 0 Å². The summed E-state index contributed by atoms with van der Waals surface area (Å²) in [6, 6.07) is 0.308. The zero-order chi connectivity index (χ0) is 8.15. The lowest BCUT2D eigenvalue weighted by atomic mass is 10.0. The maximum absolute atomic E-state index is 10.6. The van der Waals surface area contributed by atoms with Crippen molar-refractivity contribution in [2.24, 2.45) is 5.92 Å². The largest absolute Gasteiger partial charge is 0.354 e. The standard InChI is InChI=1S/C8H17NO/c1-5-6(2)7(3)9-8(4)10/h6-7H,5H2,1-4H3,(H,9,10)/t6-,7?/m1/s1. The van der Waals surface area contributed by atoms with Gasteiger partial charge < -0.3 is 5.32 Å². The van der Waals surface area contributed by atoms with Gasteiger partial charge in [0.2, 0.25) is 5.91 Å². The van der Waals surface area contributed by atoms with Crippen LogP contribution in [0.3, 0.4) is 0 Å². The quantitative estimate of drug-likeness (QED) is 0.638. The number of rotatable bonds is 3. The molecule has 60 valence electrons. The first-order valence-corrected chi connectivity index (χ1v) is 3.85. The van der Waals surface area contributed by atoms with E-state index in [4.69, 9.17) is 0 Å². The lowest BCUT2D eigenvalue weighted by Crippen LogP contribution is -2.35. The van der Waals surface area contributed by atoms with E-state index in [1.165, 1.54) is 0 Å². The van der Waals surface area contributed by atoms with Crippen LogP contribution in [0.5, 0.6) is 0 Å². The molecule has 0 spiro atoms. The molecule has 0 aliphatic heterocycles. The van der Waals surface area contributed by atoms with Crippen molar-refractivity contribution in [2.75, 3.05) is 0 Å². The summed E-state index contributed by atoms with van der Waals surface area (Å²) in [6.45, 7) is 7.86. The van der Waals surface area contributed by atoms with Crippen LogP contribution in [-0.4, -0.2) is 11.9 Å². The number of hydrogen-bond donors (Lipinski definition) is 1.